The van der Waals surface area contributed by atoms with Crippen molar-refractivity contribution in [3.8, 4) is 5.75 Å². The van der Waals surface area contributed by atoms with Gasteiger partial charge < -0.3 is 5.11 Å². The first kappa shape index (κ1) is 14.4. The molecular weight excluding hydrogens is 311 g/mol. The number of hydrogen-bond acceptors (Lipinski definition) is 3. The Morgan fingerprint density at radius 3 is 2.63 bits per heavy atom. The predicted octanol–water partition coefficient (Wildman–Crippen LogP) is 3.56. The van der Waals surface area contributed by atoms with E-state index < -0.39 is 0 Å². The highest BCUT2D eigenvalue weighted by molar-refractivity contribution is 6.39. The minimum Gasteiger partial charge on any atom is -0.504 e. The molecular formula is C12H11Cl3N2O2. The average molecular weight is 322 g/mol. The fourth-order valence-corrected chi connectivity index (χ4v) is 2.64. The van der Waals surface area contributed by atoms with Gasteiger partial charge in [-0.1, -0.05) is 30.1 Å². The monoisotopic (exact) mass is 320 g/mol. The molecule has 2 aromatic rings. The number of phenolic OH excluding ortho intramolecular Hbond substituents is 1. The summed E-state index contributed by atoms with van der Waals surface area (Å²) in [7, 11) is 0. The zero-order valence-corrected chi connectivity index (χ0v) is 12.4. The molecule has 0 atom stereocenters. The van der Waals surface area contributed by atoms with Gasteiger partial charge in [0.15, 0.2) is 5.75 Å². The summed E-state index contributed by atoms with van der Waals surface area (Å²) in [6.45, 7) is 2.43. The highest BCUT2D eigenvalue weighted by Crippen LogP contribution is 2.34. The van der Waals surface area contributed by atoms with Gasteiger partial charge in [0.1, 0.15) is 11.3 Å². The number of aromatic nitrogens is 2. The van der Waals surface area contributed by atoms with Crippen LogP contribution in [0.25, 0.3) is 10.9 Å². The minimum atomic E-state index is -0.320. The molecule has 4 nitrogen and oxygen atoms in total. The number of phenols is 1. The van der Waals surface area contributed by atoms with Crippen LogP contribution in [0.4, 0.5) is 0 Å². The van der Waals surface area contributed by atoms with Crippen LogP contribution in [-0.4, -0.2) is 14.7 Å². The Morgan fingerprint density at radius 2 is 2.05 bits per heavy atom. The average Bonchev–Trinajstić information content (AvgIpc) is 2.38. The van der Waals surface area contributed by atoms with Crippen molar-refractivity contribution in [3.63, 3.8) is 0 Å². The van der Waals surface area contributed by atoms with Gasteiger partial charge >= 0.3 is 0 Å². The Hall–Kier alpha value is -0.970. The maximum Gasteiger partial charge on any atom is 0.263 e. The van der Waals surface area contributed by atoms with E-state index in [1.165, 1.54) is 10.6 Å². The number of halogens is 3. The van der Waals surface area contributed by atoms with Crippen molar-refractivity contribution in [2.24, 2.45) is 0 Å². The van der Waals surface area contributed by atoms with Crippen molar-refractivity contribution < 1.29 is 5.11 Å². The normalized spacial score (nSPS) is 11.2. The summed E-state index contributed by atoms with van der Waals surface area (Å²) in [5.41, 5.74) is -0.232. The van der Waals surface area contributed by atoms with Gasteiger partial charge in [-0.25, -0.2) is 4.98 Å². The largest absolute Gasteiger partial charge is 0.504 e. The molecule has 7 heteroatoms. The molecule has 102 valence electrons. The summed E-state index contributed by atoms with van der Waals surface area (Å²) in [6.07, 6.45) is 0.758. The molecule has 1 aromatic carbocycles. The molecule has 0 unspecified atom stereocenters. The number of hydrogen-bond donors (Lipinski definition) is 1. The molecule has 0 aliphatic rings. The Kier molecular flexibility index (Phi) is 4.23. The van der Waals surface area contributed by atoms with Crippen molar-refractivity contribution in [1.29, 1.82) is 0 Å². The smallest absolute Gasteiger partial charge is 0.263 e. The molecule has 0 radical (unpaired) electrons. The lowest BCUT2D eigenvalue weighted by Gasteiger charge is -2.12. The summed E-state index contributed by atoms with van der Waals surface area (Å²) in [5, 5.41) is 10.3. The number of aromatic hydroxyl groups is 1. The third-order valence-corrected chi connectivity index (χ3v) is 3.58. The first-order valence-electron chi connectivity index (χ1n) is 5.67. The highest BCUT2D eigenvalue weighted by atomic mass is 35.5. The van der Waals surface area contributed by atoms with E-state index >= 15 is 0 Å². The van der Waals surface area contributed by atoms with E-state index in [1.54, 1.807) is 0 Å². The third kappa shape index (κ3) is 2.40. The van der Waals surface area contributed by atoms with Crippen LogP contribution >= 0.6 is 34.8 Å². The van der Waals surface area contributed by atoms with E-state index in [4.69, 9.17) is 34.8 Å². The second kappa shape index (κ2) is 5.57. The summed E-state index contributed by atoms with van der Waals surface area (Å²) in [4.78, 5) is 16.6. The van der Waals surface area contributed by atoms with Gasteiger partial charge in [-0.15, -0.1) is 11.6 Å². The van der Waals surface area contributed by atoms with Gasteiger partial charge in [-0.05, 0) is 12.5 Å². The molecule has 0 saturated heterocycles. The van der Waals surface area contributed by atoms with Crippen molar-refractivity contribution in [2.45, 2.75) is 25.8 Å². The minimum absolute atomic E-state index is 0.0539. The van der Waals surface area contributed by atoms with Gasteiger partial charge in [0.25, 0.3) is 5.56 Å². The van der Waals surface area contributed by atoms with E-state index in [0.29, 0.717) is 12.4 Å². The third-order valence-electron chi connectivity index (χ3n) is 2.76. The van der Waals surface area contributed by atoms with Crippen molar-refractivity contribution in [1.82, 2.24) is 9.55 Å². The number of rotatable bonds is 3. The lowest BCUT2D eigenvalue weighted by atomic mass is 10.2. The fourth-order valence-electron chi connectivity index (χ4n) is 1.91. The molecule has 1 heterocycles. The van der Waals surface area contributed by atoms with Crippen LogP contribution in [0.5, 0.6) is 5.75 Å². The van der Waals surface area contributed by atoms with E-state index in [2.05, 4.69) is 4.98 Å². The predicted molar refractivity (Wildman–Crippen MR) is 77.5 cm³/mol. The fraction of sp³-hybridized carbons (Fsp3) is 0.333. The molecule has 0 spiro atoms. The molecule has 2 rings (SSSR count). The Morgan fingerprint density at radius 1 is 1.37 bits per heavy atom. The summed E-state index contributed by atoms with van der Waals surface area (Å²) in [6, 6.07) is 1.33. The van der Waals surface area contributed by atoms with Crippen LogP contribution in [-0.2, 0) is 12.4 Å². The second-order valence-electron chi connectivity index (χ2n) is 4.03. The van der Waals surface area contributed by atoms with Crippen molar-refractivity contribution >= 4 is 45.7 Å². The van der Waals surface area contributed by atoms with Crippen LogP contribution in [0.3, 0.4) is 0 Å². The standard InChI is InChI=1S/C12H11Cl3N2O2/c1-2-3-17-8(5-13)16-10-9(12(17)19)6(14)4-7(15)11(10)18/h4,18H,2-3,5H2,1H3. The Bertz CT molecular complexity index is 698. The van der Waals surface area contributed by atoms with Gasteiger partial charge in [0.2, 0.25) is 0 Å². The van der Waals surface area contributed by atoms with Crippen LogP contribution in [0.1, 0.15) is 19.2 Å². The molecule has 0 bridgehead atoms. The van der Waals surface area contributed by atoms with E-state index in [0.717, 1.165) is 6.42 Å². The van der Waals surface area contributed by atoms with Gasteiger partial charge in [0.05, 0.1) is 21.3 Å². The van der Waals surface area contributed by atoms with Gasteiger partial charge in [-0.2, -0.15) is 0 Å². The quantitative estimate of drug-likeness (QED) is 0.879. The van der Waals surface area contributed by atoms with Gasteiger partial charge in [0, 0.05) is 6.54 Å². The Labute approximate surface area is 124 Å². The highest BCUT2D eigenvalue weighted by Gasteiger charge is 2.17. The molecule has 0 fully saturated rings. The number of nitrogens with zero attached hydrogens (tertiary/aromatic N) is 2. The molecule has 1 aromatic heterocycles. The summed E-state index contributed by atoms with van der Waals surface area (Å²) >= 11 is 17.7. The molecule has 0 amide bonds. The topological polar surface area (TPSA) is 55.1 Å². The lowest BCUT2D eigenvalue weighted by molar-refractivity contribution is 0.479. The molecule has 1 N–H and O–H groups in total. The SMILES string of the molecule is CCCn1c(CCl)nc2c(O)c(Cl)cc(Cl)c2c1=O. The maximum atomic E-state index is 12.4. The molecule has 19 heavy (non-hydrogen) atoms. The van der Waals surface area contributed by atoms with Gasteiger partial charge in [-0.3, -0.25) is 9.36 Å². The molecule has 0 aliphatic heterocycles. The van der Waals surface area contributed by atoms with E-state index in [9.17, 15) is 9.90 Å². The lowest BCUT2D eigenvalue weighted by Crippen LogP contribution is -2.25. The molecule has 0 saturated carbocycles. The summed E-state index contributed by atoms with van der Waals surface area (Å²) in [5.74, 6) is 0.192. The van der Waals surface area contributed by atoms with Crippen LogP contribution in [0, 0.1) is 0 Å². The van der Waals surface area contributed by atoms with Crippen LogP contribution in [0.15, 0.2) is 10.9 Å². The summed E-state index contributed by atoms with van der Waals surface area (Å²) < 4.78 is 1.47. The second-order valence-corrected chi connectivity index (χ2v) is 5.11. The zero-order chi connectivity index (χ0) is 14.2. The number of alkyl halides is 1. The van der Waals surface area contributed by atoms with Crippen LogP contribution < -0.4 is 5.56 Å². The Balaban J connectivity index is 2.95. The van der Waals surface area contributed by atoms with Crippen LogP contribution in [0.2, 0.25) is 10.0 Å². The number of benzene rings is 1. The van der Waals surface area contributed by atoms with Crippen molar-refractivity contribution in [2.75, 3.05) is 0 Å². The van der Waals surface area contributed by atoms with E-state index in [1.807, 2.05) is 6.92 Å². The number of fused-ring (bicyclic) bond motifs is 1. The molecule has 0 aliphatic carbocycles. The van der Waals surface area contributed by atoms with Crippen molar-refractivity contribution in [3.05, 3.63) is 32.3 Å². The zero-order valence-electron chi connectivity index (χ0n) is 10.1. The first-order chi connectivity index (χ1) is 9.01. The maximum absolute atomic E-state index is 12.4. The first-order valence-corrected chi connectivity index (χ1v) is 6.96. The van der Waals surface area contributed by atoms with E-state index in [-0.39, 0.29) is 38.1 Å².